The normalized spacial score (nSPS) is 14.9. The molecule has 3 heterocycles. The second-order valence-electron chi connectivity index (χ2n) is 12.1. The number of para-hydroxylation sites is 1. The summed E-state index contributed by atoms with van der Waals surface area (Å²) in [6.07, 6.45) is 2.11. The largest absolute Gasteiger partial charge is 0.349 e. The Morgan fingerprint density at radius 1 is 0.596 bits per heavy atom. The molecule has 0 saturated heterocycles. The van der Waals surface area contributed by atoms with Crippen molar-refractivity contribution < 1.29 is 0 Å². The minimum atomic E-state index is -0.130. The van der Waals surface area contributed by atoms with Gasteiger partial charge in [0.05, 0.1) is 16.7 Å². The lowest BCUT2D eigenvalue weighted by Gasteiger charge is -2.34. The number of rotatable bonds is 5. The van der Waals surface area contributed by atoms with E-state index >= 15 is 0 Å². The Morgan fingerprint density at radius 2 is 1.28 bits per heavy atom. The van der Waals surface area contributed by atoms with Gasteiger partial charge in [-0.2, -0.15) is 0 Å². The molecule has 4 heteroatoms. The van der Waals surface area contributed by atoms with Crippen molar-refractivity contribution in [2.75, 3.05) is 7.05 Å². The van der Waals surface area contributed by atoms with Gasteiger partial charge in [0, 0.05) is 44.3 Å². The molecule has 1 unspecified atom stereocenters. The lowest BCUT2D eigenvalue weighted by atomic mass is 10.0. The zero-order valence-electron chi connectivity index (χ0n) is 25.9. The van der Waals surface area contributed by atoms with Crippen LogP contribution < -0.4 is 0 Å². The Labute approximate surface area is 278 Å². The van der Waals surface area contributed by atoms with Crippen molar-refractivity contribution in [1.29, 1.82) is 0 Å². The first-order chi connectivity index (χ1) is 23.2. The van der Waals surface area contributed by atoms with Crippen LogP contribution >= 0.6 is 11.3 Å². The van der Waals surface area contributed by atoms with Gasteiger partial charge in [0.25, 0.3) is 0 Å². The van der Waals surface area contributed by atoms with Gasteiger partial charge < -0.3 is 9.47 Å². The first kappa shape index (κ1) is 27.6. The van der Waals surface area contributed by atoms with Crippen LogP contribution in [0.5, 0.6) is 0 Å². The maximum atomic E-state index is 5.36. The van der Waals surface area contributed by atoms with Crippen molar-refractivity contribution in [3.05, 3.63) is 180 Å². The summed E-state index contributed by atoms with van der Waals surface area (Å²) in [6, 6.07) is 56.5. The van der Waals surface area contributed by atoms with Gasteiger partial charge in [-0.15, -0.1) is 11.3 Å². The molecule has 0 fully saturated rings. The zero-order chi connectivity index (χ0) is 31.3. The second kappa shape index (κ2) is 11.3. The van der Waals surface area contributed by atoms with Crippen LogP contribution in [-0.2, 0) is 0 Å². The Hall–Kier alpha value is -5.71. The summed E-state index contributed by atoms with van der Waals surface area (Å²) < 4.78 is 3.75. The molecule has 0 aliphatic carbocycles. The molecule has 3 nitrogen and oxygen atoms in total. The molecule has 0 spiro atoms. The van der Waals surface area contributed by atoms with Gasteiger partial charge in [0.1, 0.15) is 6.17 Å². The van der Waals surface area contributed by atoms with Crippen LogP contribution in [0.4, 0.5) is 0 Å². The molecule has 1 atom stereocenters. The number of aromatic nitrogens is 1. The van der Waals surface area contributed by atoms with E-state index in [1.807, 2.05) is 11.3 Å². The van der Waals surface area contributed by atoms with Gasteiger partial charge in [0.15, 0.2) is 0 Å². The van der Waals surface area contributed by atoms with Crippen LogP contribution in [0.3, 0.4) is 0 Å². The lowest BCUT2D eigenvalue weighted by Crippen LogP contribution is -2.27. The van der Waals surface area contributed by atoms with E-state index < -0.39 is 0 Å². The van der Waals surface area contributed by atoms with Crippen LogP contribution in [0.1, 0.15) is 22.9 Å². The molecule has 47 heavy (non-hydrogen) atoms. The topological polar surface area (TPSA) is 20.5 Å². The first-order valence-corrected chi connectivity index (χ1v) is 16.8. The number of hydrogen-bond donors (Lipinski definition) is 0. The Bertz CT molecular complexity index is 2470. The van der Waals surface area contributed by atoms with E-state index in [2.05, 4.69) is 180 Å². The fraction of sp³-hybridized carbons (Fsp3) is 0.0465. The average molecular weight is 622 g/mol. The lowest BCUT2D eigenvalue weighted by molar-refractivity contribution is 0.364. The highest BCUT2D eigenvalue weighted by molar-refractivity contribution is 7.23. The summed E-state index contributed by atoms with van der Waals surface area (Å²) in [6.45, 7) is 0. The molecule has 0 bridgehead atoms. The predicted molar refractivity (Wildman–Crippen MR) is 200 cm³/mol. The molecular weight excluding hydrogens is 591 g/mol. The summed E-state index contributed by atoms with van der Waals surface area (Å²) >= 11 is 1.88. The van der Waals surface area contributed by atoms with E-state index in [0.29, 0.717) is 0 Å². The van der Waals surface area contributed by atoms with Crippen molar-refractivity contribution in [1.82, 2.24) is 9.47 Å². The van der Waals surface area contributed by atoms with E-state index in [-0.39, 0.29) is 6.17 Å². The minimum Gasteiger partial charge on any atom is -0.349 e. The quantitative estimate of drug-likeness (QED) is 0.187. The van der Waals surface area contributed by atoms with E-state index in [0.717, 1.165) is 22.7 Å². The standard InChI is InChI=1S/C43H31N3S/c1-45-39(29-14-5-2-6-15-29)28-36(44-43(45)31-18-9-4-10-19-31)32-20-13-21-34(26-32)46-37-23-12-11-22-35(37)41-38(46)25-24-33-27-40(47-42(33)41)30-16-7-3-8-17-30/h2-28,43H,1H3. The van der Waals surface area contributed by atoms with Crippen LogP contribution in [-0.4, -0.2) is 22.2 Å². The van der Waals surface area contributed by atoms with E-state index in [1.165, 1.54) is 53.5 Å². The highest BCUT2D eigenvalue weighted by Gasteiger charge is 2.25. The van der Waals surface area contributed by atoms with Gasteiger partial charge in [0.2, 0.25) is 0 Å². The monoisotopic (exact) mass is 621 g/mol. The van der Waals surface area contributed by atoms with Crippen LogP contribution in [0, 0.1) is 0 Å². The zero-order valence-corrected chi connectivity index (χ0v) is 26.7. The van der Waals surface area contributed by atoms with Crippen molar-refractivity contribution in [3.8, 4) is 16.1 Å². The summed E-state index contributed by atoms with van der Waals surface area (Å²) in [5.74, 6) is 0. The highest BCUT2D eigenvalue weighted by Crippen LogP contribution is 2.43. The third-order valence-electron chi connectivity index (χ3n) is 9.23. The Morgan fingerprint density at radius 3 is 2.06 bits per heavy atom. The number of aliphatic imine (C=N–C) groups is 1. The van der Waals surface area contributed by atoms with Gasteiger partial charge >= 0.3 is 0 Å². The SMILES string of the molecule is CN1C(c2ccccc2)=CC(c2cccc(-n3c4ccccc4c4c5sc(-c6ccccc6)cc5ccc43)c2)=NC1c1ccccc1. The van der Waals surface area contributed by atoms with Crippen molar-refractivity contribution in [2.45, 2.75) is 6.17 Å². The van der Waals surface area contributed by atoms with Gasteiger partial charge in [-0.25, -0.2) is 0 Å². The van der Waals surface area contributed by atoms with E-state index in [1.54, 1.807) is 0 Å². The summed E-state index contributed by atoms with van der Waals surface area (Å²) in [4.78, 5) is 8.93. The number of hydrogen-bond acceptors (Lipinski definition) is 3. The summed E-state index contributed by atoms with van der Waals surface area (Å²) in [5, 5.41) is 3.86. The molecule has 0 N–H and O–H groups in total. The maximum Gasteiger partial charge on any atom is 0.147 e. The van der Waals surface area contributed by atoms with E-state index in [9.17, 15) is 0 Å². The summed E-state index contributed by atoms with van der Waals surface area (Å²) in [5.41, 5.74) is 10.4. The van der Waals surface area contributed by atoms with Crippen LogP contribution in [0.15, 0.2) is 169 Å². The van der Waals surface area contributed by atoms with Crippen LogP contribution in [0.2, 0.25) is 0 Å². The van der Waals surface area contributed by atoms with Crippen molar-refractivity contribution >= 4 is 54.6 Å². The van der Waals surface area contributed by atoms with Gasteiger partial charge in [-0.1, -0.05) is 127 Å². The predicted octanol–water partition coefficient (Wildman–Crippen LogP) is 11.1. The van der Waals surface area contributed by atoms with Crippen molar-refractivity contribution in [2.24, 2.45) is 4.99 Å². The smallest absolute Gasteiger partial charge is 0.147 e. The fourth-order valence-electron chi connectivity index (χ4n) is 6.97. The van der Waals surface area contributed by atoms with Crippen LogP contribution in [0.25, 0.3) is 53.7 Å². The molecule has 2 aromatic heterocycles. The number of benzene rings is 6. The third kappa shape index (κ3) is 4.68. The minimum absolute atomic E-state index is 0.130. The molecule has 1 aliphatic heterocycles. The summed E-state index contributed by atoms with van der Waals surface area (Å²) in [7, 11) is 2.14. The number of allylic oxidation sites excluding steroid dienone is 1. The molecule has 0 saturated carbocycles. The molecule has 1 aliphatic rings. The molecule has 9 rings (SSSR count). The maximum absolute atomic E-state index is 5.36. The Balaban J connectivity index is 1.22. The third-order valence-corrected chi connectivity index (χ3v) is 10.4. The van der Waals surface area contributed by atoms with E-state index in [4.69, 9.17) is 4.99 Å². The fourth-order valence-corrected chi connectivity index (χ4v) is 8.19. The Kier molecular flexibility index (Phi) is 6.61. The van der Waals surface area contributed by atoms with Gasteiger partial charge in [-0.05, 0) is 58.5 Å². The molecule has 6 aromatic carbocycles. The van der Waals surface area contributed by atoms with Crippen molar-refractivity contribution in [3.63, 3.8) is 0 Å². The molecule has 0 radical (unpaired) electrons. The first-order valence-electron chi connectivity index (χ1n) is 16.0. The average Bonchev–Trinajstić information content (AvgIpc) is 3.72. The molecule has 8 aromatic rings. The molecule has 224 valence electrons. The second-order valence-corrected chi connectivity index (χ2v) is 13.1. The number of fused-ring (bicyclic) bond motifs is 5. The molecular formula is C43H31N3S. The number of thiophene rings is 1. The number of nitrogens with zero attached hydrogens (tertiary/aromatic N) is 3. The van der Waals surface area contributed by atoms with Gasteiger partial charge in [-0.3, -0.25) is 4.99 Å². The highest BCUT2D eigenvalue weighted by atomic mass is 32.1. The molecule has 0 amide bonds.